The fourth-order valence-corrected chi connectivity index (χ4v) is 3.14. The molecule has 0 radical (unpaired) electrons. The summed E-state index contributed by atoms with van der Waals surface area (Å²) in [6, 6.07) is 9.77. The maximum Gasteiger partial charge on any atom is 0.344 e. The van der Waals surface area contributed by atoms with E-state index in [4.69, 9.17) is 14.6 Å². The lowest BCUT2D eigenvalue weighted by Gasteiger charge is -2.14. The van der Waals surface area contributed by atoms with Crippen molar-refractivity contribution >= 4 is 29.5 Å². The van der Waals surface area contributed by atoms with Crippen LogP contribution in [0.5, 0.6) is 17.2 Å². The molecule has 0 saturated heterocycles. The number of benzene rings is 1. The minimum Gasteiger partial charge on any atom is -0.479 e. The van der Waals surface area contributed by atoms with Crippen LogP contribution >= 0.6 is 11.8 Å². The number of amides is 1. The molecule has 10 heteroatoms. The Morgan fingerprint density at radius 3 is 2.58 bits per heavy atom. The van der Waals surface area contributed by atoms with Gasteiger partial charge in [-0.25, -0.2) is 9.78 Å². The van der Waals surface area contributed by atoms with Gasteiger partial charge >= 0.3 is 5.97 Å². The summed E-state index contributed by atoms with van der Waals surface area (Å²) >= 11 is 1.61. The van der Waals surface area contributed by atoms with Gasteiger partial charge in [-0.2, -0.15) is 5.10 Å². The fourth-order valence-electron chi connectivity index (χ4n) is 2.55. The lowest BCUT2D eigenvalue weighted by atomic mass is 10.2. The van der Waals surface area contributed by atoms with E-state index in [0.717, 1.165) is 10.8 Å². The number of thioether (sulfide) groups is 1. The van der Waals surface area contributed by atoms with E-state index in [1.54, 1.807) is 48.0 Å². The summed E-state index contributed by atoms with van der Waals surface area (Å²) in [5.74, 6) is 0.684. The highest BCUT2D eigenvalue weighted by Gasteiger charge is 2.17. The van der Waals surface area contributed by atoms with Gasteiger partial charge in [0, 0.05) is 30.9 Å². The Morgan fingerprint density at radius 1 is 1.19 bits per heavy atom. The van der Waals surface area contributed by atoms with Gasteiger partial charge in [-0.05, 0) is 36.9 Å². The van der Waals surface area contributed by atoms with Crippen molar-refractivity contribution in [3.63, 3.8) is 0 Å². The number of aromatic nitrogens is 3. The van der Waals surface area contributed by atoms with E-state index < -0.39 is 18.0 Å². The van der Waals surface area contributed by atoms with Crippen molar-refractivity contribution in [3.05, 3.63) is 54.4 Å². The van der Waals surface area contributed by atoms with Crippen LogP contribution in [0, 0.1) is 0 Å². The van der Waals surface area contributed by atoms with Crippen LogP contribution < -0.4 is 14.8 Å². The summed E-state index contributed by atoms with van der Waals surface area (Å²) in [5, 5.41) is 16.8. The molecule has 0 aliphatic heterocycles. The summed E-state index contributed by atoms with van der Waals surface area (Å²) < 4.78 is 12.9. The van der Waals surface area contributed by atoms with Crippen molar-refractivity contribution in [1.29, 1.82) is 0 Å². The maximum absolute atomic E-state index is 12.7. The van der Waals surface area contributed by atoms with E-state index in [0.29, 0.717) is 17.3 Å². The van der Waals surface area contributed by atoms with Crippen LogP contribution in [-0.4, -0.2) is 43.6 Å². The molecule has 3 rings (SSSR count). The van der Waals surface area contributed by atoms with Gasteiger partial charge in [0.15, 0.2) is 11.9 Å². The minimum atomic E-state index is -1.13. The second-order valence-electron chi connectivity index (χ2n) is 6.49. The van der Waals surface area contributed by atoms with E-state index in [1.807, 2.05) is 13.0 Å². The van der Waals surface area contributed by atoms with Gasteiger partial charge in [-0.1, -0.05) is 6.92 Å². The first kappa shape index (κ1) is 22.2. The van der Waals surface area contributed by atoms with Gasteiger partial charge in [0.25, 0.3) is 5.91 Å². The highest BCUT2D eigenvalue weighted by molar-refractivity contribution is 7.99. The number of carboxylic acid groups (broad SMARTS) is 1. The van der Waals surface area contributed by atoms with Crippen LogP contribution in [0.2, 0.25) is 0 Å². The van der Waals surface area contributed by atoms with Crippen LogP contribution in [-0.2, 0) is 11.8 Å². The molecule has 0 aliphatic carbocycles. The molecule has 1 aromatic carbocycles. The molecule has 1 atom stereocenters. The number of carbonyl (C=O) groups excluding carboxylic acids is 1. The van der Waals surface area contributed by atoms with Gasteiger partial charge in [-0.15, -0.1) is 11.8 Å². The zero-order valence-electron chi connectivity index (χ0n) is 17.2. The average molecular weight is 442 g/mol. The Hall–Kier alpha value is -3.53. The first-order valence-electron chi connectivity index (χ1n) is 9.46. The zero-order valence-corrected chi connectivity index (χ0v) is 18.0. The smallest absolute Gasteiger partial charge is 0.344 e. The normalized spacial score (nSPS) is 11.6. The highest BCUT2D eigenvalue weighted by Crippen LogP contribution is 2.29. The first-order valence-corrected chi connectivity index (χ1v) is 10.4. The lowest BCUT2D eigenvalue weighted by molar-refractivity contribution is -0.144. The van der Waals surface area contributed by atoms with Crippen molar-refractivity contribution < 1.29 is 24.2 Å². The number of carbonyl (C=O) groups is 2. The van der Waals surface area contributed by atoms with Gasteiger partial charge in [0.1, 0.15) is 17.2 Å². The molecule has 1 unspecified atom stereocenters. The Kier molecular flexibility index (Phi) is 7.14. The summed E-state index contributed by atoms with van der Waals surface area (Å²) in [7, 11) is 1.74. The number of hydrogen-bond donors (Lipinski definition) is 2. The quantitative estimate of drug-likeness (QED) is 0.481. The number of hydrogen-bond acceptors (Lipinski definition) is 7. The zero-order chi connectivity index (χ0) is 22.4. The summed E-state index contributed by atoms with van der Waals surface area (Å²) in [4.78, 5) is 28.2. The monoisotopic (exact) mass is 442 g/mol. The largest absolute Gasteiger partial charge is 0.479 e. The van der Waals surface area contributed by atoms with E-state index in [9.17, 15) is 9.59 Å². The molecular weight excluding hydrogens is 420 g/mol. The molecule has 162 valence electrons. The number of pyridine rings is 1. The molecule has 0 bridgehead atoms. The van der Waals surface area contributed by atoms with Crippen LogP contribution in [0.4, 0.5) is 5.82 Å². The minimum absolute atomic E-state index is 0.185. The molecular formula is C21H22N4O5S. The van der Waals surface area contributed by atoms with E-state index in [2.05, 4.69) is 15.4 Å². The number of carboxylic acids is 1. The van der Waals surface area contributed by atoms with E-state index in [1.165, 1.54) is 25.1 Å². The molecule has 0 fully saturated rings. The van der Waals surface area contributed by atoms with Crippen LogP contribution in [0.15, 0.2) is 53.8 Å². The van der Waals surface area contributed by atoms with Crippen molar-refractivity contribution in [3.8, 4) is 17.2 Å². The molecule has 1 amide bonds. The predicted octanol–water partition coefficient (Wildman–Crippen LogP) is 3.82. The van der Waals surface area contributed by atoms with Gasteiger partial charge in [0.05, 0.1) is 11.2 Å². The fraction of sp³-hybridized carbons (Fsp3) is 0.238. The number of rotatable bonds is 9. The number of nitrogens with one attached hydrogen (secondary N) is 1. The van der Waals surface area contributed by atoms with E-state index in [-0.39, 0.29) is 11.3 Å². The molecule has 0 aliphatic rings. The molecule has 2 N–H and O–H groups in total. The third kappa shape index (κ3) is 6.22. The van der Waals surface area contributed by atoms with Gasteiger partial charge in [0.2, 0.25) is 0 Å². The topological polar surface area (TPSA) is 116 Å². The standard InChI is InChI=1S/C21H22N4O5S/c1-4-31-19-6-5-15(12-22-19)30-17-10-14(9-16(11-17)29-13(2)21(27)28)20(26)23-18-7-8-25(3)24-18/h5-13H,4H2,1-3H3,(H,27,28)(H,23,24,26). The third-order valence-electron chi connectivity index (χ3n) is 4.00. The number of nitrogens with zero attached hydrogens (tertiary/aromatic N) is 3. The van der Waals surface area contributed by atoms with Crippen molar-refractivity contribution in [2.24, 2.45) is 7.05 Å². The van der Waals surface area contributed by atoms with Crippen LogP contribution in [0.3, 0.4) is 0 Å². The van der Waals surface area contributed by atoms with Crippen molar-refractivity contribution in [2.75, 3.05) is 11.1 Å². The molecule has 2 aromatic heterocycles. The van der Waals surface area contributed by atoms with E-state index >= 15 is 0 Å². The Bertz CT molecular complexity index is 1070. The molecule has 2 heterocycles. The first-order chi connectivity index (χ1) is 14.8. The second-order valence-corrected chi connectivity index (χ2v) is 7.77. The van der Waals surface area contributed by atoms with Gasteiger partial charge < -0.3 is 19.9 Å². The molecule has 3 aromatic rings. The molecule has 0 spiro atoms. The second kappa shape index (κ2) is 9.98. The number of ether oxygens (including phenoxy) is 2. The number of aliphatic carboxylic acids is 1. The summed E-state index contributed by atoms with van der Waals surface area (Å²) in [6.07, 6.45) is 2.18. The predicted molar refractivity (Wildman–Crippen MR) is 116 cm³/mol. The number of aryl methyl sites for hydroxylation is 1. The Morgan fingerprint density at radius 2 is 1.97 bits per heavy atom. The number of anilines is 1. The molecule has 9 nitrogen and oxygen atoms in total. The van der Waals surface area contributed by atoms with Crippen LogP contribution in [0.1, 0.15) is 24.2 Å². The van der Waals surface area contributed by atoms with Crippen molar-refractivity contribution in [1.82, 2.24) is 14.8 Å². The van der Waals surface area contributed by atoms with Gasteiger partial charge in [-0.3, -0.25) is 9.48 Å². The van der Waals surface area contributed by atoms with Crippen molar-refractivity contribution in [2.45, 2.75) is 25.0 Å². The van der Waals surface area contributed by atoms with Crippen LogP contribution in [0.25, 0.3) is 0 Å². The Labute approximate surface area is 183 Å². The molecule has 31 heavy (non-hydrogen) atoms. The lowest BCUT2D eigenvalue weighted by Crippen LogP contribution is -2.23. The Balaban J connectivity index is 1.86. The SMILES string of the molecule is CCSc1ccc(Oc2cc(OC(C)C(=O)O)cc(C(=O)Nc3ccn(C)n3)c2)cn1. The molecule has 0 saturated carbocycles. The summed E-state index contributed by atoms with van der Waals surface area (Å²) in [6.45, 7) is 3.44. The summed E-state index contributed by atoms with van der Waals surface area (Å²) in [5.41, 5.74) is 0.224. The maximum atomic E-state index is 12.7. The highest BCUT2D eigenvalue weighted by atomic mass is 32.2. The third-order valence-corrected chi connectivity index (χ3v) is 4.82. The average Bonchev–Trinajstić information content (AvgIpc) is 3.14.